The Labute approximate surface area is 307 Å². The van der Waals surface area contributed by atoms with Gasteiger partial charge in [0.1, 0.15) is 21.6 Å². The Bertz CT molecular complexity index is 2930. The normalized spacial score (nSPS) is 11.4. The Kier molecular flexibility index (Phi) is 7.47. The van der Waals surface area contributed by atoms with E-state index >= 15 is 0 Å². The van der Waals surface area contributed by atoms with Crippen molar-refractivity contribution in [1.29, 1.82) is 0 Å². The van der Waals surface area contributed by atoms with Crippen LogP contribution in [0.15, 0.2) is 158 Å². The summed E-state index contributed by atoms with van der Waals surface area (Å²) in [5.74, 6) is 1.85. The topological polar surface area (TPSA) is 103 Å². The number of para-hydroxylation sites is 2. The van der Waals surface area contributed by atoms with E-state index in [1.165, 1.54) is 0 Å². The predicted molar refractivity (Wildman–Crippen MR) is 212 cm³/mol. The van der Waals surface area contributed by atoms with Crippen molar-refractivity contribution in [1.82, 2.24) is 40.3 Å². The molecule has 53 heavy (non-hydrogen) atoms. The molecule has 6 aromatic carbocycles. The summed E-state index contributed by atoms with van der Waals surface area (Å²) in [7, 11) is 0. The molecule has 10 rings (SSSR count). The van der Waals surface area contributed by atoms with Gasteiger partial charge >= 0.3 is 0 Å². The summed E-state index contributed by atoms with van der Waals surface area (Å²) < 4.78 is 0.910. The highest BCUT2D eigenvalue weighted by molar-refractivity contribution is 7.25. The standard InChI is InChI=1S/C44H26N8S/c1-3-10-27(11-4-1)28-18-22-31(23-19-28)42-47-41(30-12-5-2-6-13-30)48-43(49-42)32-24-20-29(21-25-32)33-14-9-15-34(26-33)37-40-38(51-52-50-37)39-44(53-40)46-36-17-8-7-16-35(36)45-39/h1-26H. The monoisotopic (exact) mass is 698 g/mol. The summed E-state index contributed by atoms with van der Waals surface area (Å²) in [6.07, 6.45) is 0. The highest BCUT2D eigenvalue weighted by atomic mass is 32.1. The number of nitrogens with zero attached hydrogens (tertiary/aromatic N) is 8. The zero-order valence-electron chi connectivity index (χ0n) is 28.0. The SMILES string of the molecule is c1ccc(-c2ccc(-c3nc(-c4ccccc4)nc(-c4ccc(-c5cccc(-c6nnnc7c6sc6nc8ccccc8nc67)c5)cc4)n3)cc2)cc1. The third kappa shape index (κ3) is 5.75. The molecule has 0 aliphatic heterocycles. The molecule has 9 heteroatoms. The van der Waals surface area contributed by atoms with E-state index in [0.29, 0.717) is 23.0 Å². The lowest BCUT2D eigenvalue weighted by Gasteiger charge is -2.10. The molecule has 0 spiro atoms. The molecule has 0 amide bonds. The Morgan fingerprint density at radius 2 is 0.811 bits per heavy atom. The molecule has 0 radical (unpaired) electrons. The second kappa shape index (κ2) is 12.9. The van der Waals surface area contributed by atoms with Gasteiger partial charge in [-0.3, -0.25) is 0 Å². The number of thiophene rings is 1. The van der Waals surface area contributed by atoms with Crippen LogP contribution < -0.4 is 0 Å². The Morgan fingerprint density at radius 3 is 1.45 bits per heavy atom. The molecule has 4 aromatic heterocycles. The van der Waals surface area contributed by atoms with Crippen LogP contribution in [0.1, 0.15) is 0 Å². The van der Waals surface area contributed by atoms with Gasteiger partial charge in [-0.05, 0) is 45.7 Å². The van der Waals surface area contributed by atoms with Gasteiger partial charge in [-0.15, -0.1) is 21.5 Å². The number of fused-ring (bicyclic) bond motifs is 4. The van der Waals surface area contributed by atoms with Crippen LogP contribution in [-0.4, -0.2) is 40.3 Å². The van der Waals surface area contributed by atoms with Crippen LogP contribution in [0.25, 0.3) is 99.3 Å². The van der Waals surface area contributed by atoms with Gasteiger partial charge in [0.15, 0.2) is 17.5 Å². The van der Waals surface area contributed by atoms with Crippen molar-refractivity contribution < 1.29 is 0 Å². The lowest BCUT2D eigenvalue weighted by atomic mass is 10.00. The predicted octanol–water partition coefficient (Wildman–Crippen LogP) is 10.4. The summed E-state index contributed by atoms with van der Waals surface area (Å²) in [5.41, 5.74) is 12.0. The minimum Gasteiger partial charge on any atom is -0.241 e. The van der Waals surface area contributed by atoms with Crippen molar-refractivity contribution in [2.45, 2.75) is 0 Å². The molecule has 0 unspecified atom stereocenters. The minimum atomic E-state index is 0.607. The average molecular weight is 699 g/mol. The lowest BCUT2D eigenvalue weighted by molar-refractivity contribution is 0.904. The first kappa shape index (κ1) is 30.7. The zero-order valence-corrected chi connectivity index (χ0v) is 28.8. The number of hydrogen-bond acceptors (Lipinski definition) is 9. The van der Waals surface area contributed by atoms with Gasteiger partial charge < -0.3 is 0 Å². The van der Waals surface area contributed by atoms with Gasteiger partial charge in [0.05, 0.1) is 15.7 Å². The van der Waals surface area contributed by atoms with E-state index in [1.807, 2.05) is 84.9 Å². The summed E-state index contributed by atoms with van der Waals surface area (Å²) >= 11 is 1.54. The van der Waals surface area contributed by atoms with Crippen LogP contribution >= 0.6 is 11.3 Å². The molecular formula is C44H26N8S. The quantitative estimate of drug-likeness (QED) is 0.169. The fourth-order valence-electron chi connectivity index (χ4n) is 6.51. The van der Waals surface area contributed by atoms with Gasteiger partial charge in [-0.1, -0.05) is 140 Å². The zero-order chi connectivity index (χ0) is 35.1. The maximum Gasteiger partial charge on any atom is 0.164 e. The minimum absolute atomic E-state index is 0.607. The first-order chi connectivity index (χ1) is 26.2. The second-order valence-electron chi connectivity index (χ2n) is 12.6. The van der Waals surface area contributed by atoms with Gasteiger partial charge in [0.2, 0.25) is 0 Å². The summed E-state index contributed by atoms with van der Waals surface area (Å²) in [5, 5.41) is 13.0. The Balaban J connectivity index is 1.00. The van der Waals surface area contributed by atoms with Crippen LogP contribution in [0, 0.1) is 0 Å². The Hall–Kier alpha value is -7.10. The van der Waals surface area contributed by atoms with Crippen molar-refractivity contribution in [3.05, 3.63) is 158 Å². The molecule has 0 aliphatic carbocycles. The molecule has 0 saturated carbocycles. The first-order valence-corrected chi connectivity index (χ1v) is 17.9. The largest absolute Gasteiger partial charge is 0.241 e. The summed E-state index contributed by atoms with van der Waals surface area (Å²) in [6, 6.07) is 53.2. The van der Waals surface area contributed by atoms with Crippen molar-refractivity contribution in [3.63, 3.8) is 0 Å². The number of aromatic nitrogens is 8. The number of rotatable bonds is 6. The van der Waals surface area contributed by atoms with Gasteiger partial charge in [-0.2, -0.15) is 0 Å². The third-order valence-electron chi connectivity index (χ3n) is 9.21. The second-order valence-corrected chi connectivity index (χ2v) is 13.6. The third-order valence-corrected chi connectivity index (χ3v) is 10.3. The maximum absolute atomic E-state index is 4.97. The molecule has 0 atom stereocenters. The first-order valence-electron chi connectivity index (χ1n) is 17.1. The number of hydrogen-bond donors (Lipinski definition) is 0. The maximum atomic E-state index is 4.97. The van der Waals surface area contributed by atoms with Gasteiger partial charge in [-0.25, -0.2) is 24.9 Å². The van der Waals surface area contributed by atoms with E-state index in [9.17, 15) is 0 Å². The lowest BCUT2D eigenvalue weighted by Crippen LogP contribution is -2.00. The van der Waals surface area contributed by atoms with E-state index < -0.39 is 0 Å². The molecule has 248 valence electrons. The molecule has 0 bridgehead atoms. The molecule has 4 heterocycles. The molecule has 0 aliphatic rings. The van der Waals surface area contributed by atoms with Crippen LogP contribution in [0.4, 0.5) is 0 Å². The fourth-order valence-corrected chi connectivity index (χ4v) is 7.58. The smallest absolute Gasteiger partial charge is 0.164 e. The molecule has 10 aromatic rings. The van der Waals surface area contributed by atoms with Gasteiger partial charge in [0.25, 0.3) is 0 Å². The number of benzene rings is 6. The molecule has 0 saturated heterocycles. The van der Waals surface area contributed by atoms with E-state index in [0.717, 1.165) is 76.3 Å². The van der Waals surface area contributed by atoms with Crippen LogP contribution in [0.3, 0.4) is 0 Å². The van der Waals surface area contributed by atoms with Crippen molar-refractivity contribution >= 4 is 42.9 Å². The molecule has 0 N–H and O–H groups in total. The Morgan fingerprint density at radius 1 is 0.340 bits per heavy atom. The van der Waals surface area contributed by atoms with Crippen LogP contribution in [-0.2, 0) is 0 Å². The van der Waals surface area contributed by atoms with Crippen LogP contribution in [0.5, 0.6) is 0 Å². The fraction of sp³-hybridized carbons (Fsp3) is 0. The van der Waals surface area contributed by atoms with E-state index in [-0.39, 0.29) is 0 Å². The summed E-state index contributed by atoms with van der Waals surface area (Å²) in [6.45, 7) is 0. The average Bonchev–Trinajstić information content (AvgIpc) is 3.61. The van der Waals surface area contributed by atoms with Crippen molar-refractivity contribution in [3.8, 4) is 67.7 Å². The summed E-state index contributed by atoms with van der Waals surface area (Å²) in [4.78, 5) is 25.3. The van der Waals surface area contributed by atoms with E-state index in [4.69, 9.17) is 24.9 Å². The highest BCUT2D eigenvalue weighted by Gasteiger charge is 2.18. The molecule has 0 fully saturated rings. The van der Waals surface area contributed by atoms with Crippen molar-refractivity contribution in [2.24, 2.45) is 0 Å². The highest BCUT2D eigenvalue weighted by Crippen LogP contribution is 2.37. The van der Waals surface area contributed by atoms with Crippen LogP contribution in [0.2, 0.25) is 0 Å². The van der Waals surface area contributed by atoms with E-state index in [1.54, 1.807) is 11.3 Å². The van der Waals surface area contributed by atoms with Crippen molar-refractivity contribution in [2.75, 3.05) is 0 Å². The molecule has 8 nitrogen and oxygen atoms in total. The van der Waals surface area contributed by atoms with Gasteiger partial charge in [0, 0.05) is 22.3 Å². The molecular weight excluding hydrogens is 673 g/mol. The van der Waals surface area contributed by atoms with E-state index in [2.05, 4.69) is 88.2 Å².